The van der Waals surface area contributed by atoms with Crippen LogP contribution >= 0.6 is 0 Å². The first-order chi connectivity index (χ1) is 5.08. The Labute approximate surface area is 67.2 Å². The highest BCUT2D eigenvalue weighted by Crippen LogP contribution is 2.15. The van der Waals surface area contributed by atoms with Gasteiger partial charge >= 0.3 is 0 Å². The minimum Gasteiger partial charge on any atom is -0.488 e. The predicted molar refractivity (Wildman–Crippen MR) is 43.5 cm³/mol. The van der Waals surface area contributed by atoms with Crippen molar-refractivity contribution < 1.29 is 4.74 Å². The van der Waals surface area contributed by atoms with Gasteiger partial charge in [-0.1, -0.05) is 0 Å². The van der Waals surface area contributed by atoms with Gasteiger partial charge in [-0.15, -0.1) is 0 Å². The molecule has 0 saturated carbocycles. The average molecular weight is 150 g/mol. The van der Waals surface area contributed by atoms with E-state index in [1.54, 1.807) is 12.3 Å². The molecule has 1 radical (unpaired) electrons. The Morgan fingerprint density at radius 2 is 2.18 bits per heavy atom. The van der Waals surface area contributed by atoms with Crippen molar-refractivity contribution in [2.24, 2.45) is 0 Å². The molecule has 0 bridgehead atoms. The van der Waals surface area contributed by atoms with E-state index in [0.29, 0.717) is 0 Å². The summed E-state index contributed by atoms with van der Waals surface area (Å²) in [5.74, 6) is 0.813. The quantitative estimate of drug-likeness (QED) is 0.611. The average Bonchev–Trinajstić information content (AvgIpc) is 1.85. The molecule has 59 valence electrons. The molecule has 2 heteroatoms. The van der Waals surface area contributed by atoms with E-state index >= 15 is 0 Å². The third kappa shape index (κ3) is 3.03. The third-order valence-corrected chi connectivity index (χ3v) is 1.02. The lowest BCUT2D eigenvalue weighted by Gasteiger charge is -2.20. The predicted octanol–water partition coefficient (Wildman–Crippen LogP) is 2.06. The fraction of sp³-hybridized carbons (Fsp3) is 0.444. The first kappa shape index (κ1) is 8.05. The highest BCUT2D eigenvalue weighted by atomic mass is 16.5. The molecule has 0 saturated heterocycles. The van der Waals surface area contributed by atoms with Crippen LogP contribution in [-0.2, 0) is 0 Å². The van der Waals surface area contributed by atoms with Gasteiger partial charge in [0.25, 0.3) is 0 Å². The zero-order valence-electron chi connectivity index (χ0n) is 7.09. The number of nitrogens with zero attached hydrogens (tertiary/aromatic N) is 1. The van der Waals surface area contributed by atoms with Gasteiger partial charge in [0, 0.05) is 12.3 Å². The second-order valence-electron chi connectivity index (χ2n) is 3.34. The lowest BCUT2D eigenvalue weighted by atomic mass is 10.2. The van der Waals surface area contributed by atoms with E-state index in [1.165, 1.54) is 0 Å². The van der Waals surface area contributed by atoms with Crippen LogP contribution in [0.2, 0.25) is 0 Å². The molecule has 1 aromatic rings. The van der Waals surface area contributed by atoms with Crippen molar-refractivity contribution in [3.63, 3.8) is 0 Å². The van der Waals surface area contributed by atoms with Crippen LogP contribution in [0.5, 0.6) is 5.75 Å². The lowest BCUT2D eigenvalue weighted by Crippen LogP contribution is -2.22. The normalized spacial score (nSPS) is 11.2. The van der Waals surface area contributed by atoms with Crippen LogP contribution in [0.25, 0.3) is 0 Å². The highest BCUT2D eigenvalue weighted by molar-refractivity contribution is 5.16. The van der Waals surface area contributed by atoms with Crippen LogP contribution in [-0.4, -0.2) is 10.6 Å². The standard InChI is InChI=1S/C9H12NO/c1-9(2,3)11-8-4-6-10-7-5-8/h4-6H,1-3H3. The summed E-state index contributed by atoms with van der Waals surface area (Å²) in [6.07, 6.45) is 4.38. The minimum absolute atomic E-state index is 0.144. The Morgan fingerprint density at radius 3 is 2.64 bits per heavy atom. The lowest BCUT2D eigenvalue weighted by molar-refractivity contribution is 0.131. The van der Waals surface area contributed by atoms with Crippen molar-refractivity contribution in [1.82, 2.24) is 4.98 Å². The summed E-state index contributed by atoms with van der Waals surface area (Å²) in [6, 6.07) is 3.55. The molecule has 11 heavy (non-hydrogen) atoms. The monoisotopic (exact) mass is 150 g/mol. The van der Waals surface area contributed by atoms with E-state index < -0.39 is 0 Å². The molecule has 0 N–H and O–H groups in total. The van der Waals surface area contributed by atoms with Crippen molar-refractivity contribution in [2.75, 3.05) is 0 Å². The number of hydrogen-bond acceptors (Lipinski definition) is 2. The summed E-state index contributed by atoms with van der Waals surface area (Å²) in [5, 5.41) is 0. The Kier molecular flexibility index (Phi) is 2.13. The van der Waals surface area contributed by atoms with Gasteiger partial charge in [-0.25, -0.2) is 0 Å². The minimum atomic E-state index is -0.144. The molecule has 0 aliphatic heterocycles. The van der Waals surface area contributed by atoms with Gasteiger partial charge in [-0.2, -0.15) is 0 Å². The summed E-state index contributed by atoms with van der Waals surface area (Å²) in [6.45, 7) is 6.02. The third-order valence-electron chi connectivity index (χ3n) is 1.02. The van der Waals surface area contributed by atoms with Crippen LogP contribution in [0, 0.1) is 6.20 Å². The zero-order valence-corrected chi connectivity index (χ0v) is 7.09. The van der Waals surface area contributed by atoms with Crippen molar-refractivity contribution >= 4 is 0 Å². The number of pyridine rings is 1. The van der Waals surface area contributed by atoms with Crippen molar-refractivity contribution in [1.29, 1.82) is 0 Å². The summed E-state index contributed by atoms with van der Waals surface area (Å²) >= 11 is 0. The van der Waals surface area contributed by atoms with Crippen LogP contribution in [0.3, 0.4) is 0 Å². The van der Waals surface area contributed by atoms with Crippen molar-refractivity contribution in [3.05, 3.63) is 24.5 Å². The fourth-order valence-corrected chi connectivity index (χ4v) is 0.720. The Morgan fingerprint density at radius 1 is 1.45 bits per heavy atom. The van der Waals surface area contributed by atoms with E-state index in [2.05, 4.69) is 11.2 Å². The van der Waals surface area contributed by atoms with Gasteiger partial charge in [0.15, 0.2) is 0 Å². The van der Waals surface area contributed by atoms with Crippen molar-refractivity contribution in [3.8, 4) is 5.75 Å². The molecule has 0 amide bonds. The second-order valence-corrected chi connectivity index (χ2v) is 3.34. The molecule has 1 heterocycles. The first-order valence-electron chi connectivity index (χ1n) is 3.59. The number of aromatic nitrogens is 1. The summed E-state index contributed by atoms with van der Waals surface area (Å²) in [4.78, 5) is 3.77. The number of rotatable bonds is 1. The van der Waals surface area contributed by atoms with E-state index in [0.717, 1.165) is 5.75 Å². The van der Waals surface area contributed by atoms with E-state index in [9.17, 15) is 0 Å². The molecule has 0 spiro atoms. The van der Waals surface area contributed by atoms with Crippen LogP contribution < -0.4 is 4.74 Å². The summed E-state index contributed by atoms with van der Waals surface area (Å²) < 4.78 is 5.53. The maximum Gasteiger partial charge on any atom is 0.123 e. The largest absolute Gasteiger partial charge is 0.488 e. The van der Waals surface area contributed by atoms with Gasteiger partial charge in [-0.3, -0.25) is 4.98 Å². The summed E-state index contributed by atoms with van der Waals surface area (Å²) in [5.41, 5.74) is -0.144. The van der Waals surface area contributed by atoms with Gasteiger partial charge in [-0.05, 0) is 26.8 Å². The number of ether oxygens (including phenoxy) is 1. The maximum atomic E-state index is 5.53. The molecule has 1 rings (SSSR count). The molecule has 0 atom stereocenters. The van der Waals surface area contributed by atoms with Crippen LogP contribution in [0.4, 0.5) is 0 Å². The Bertz CT molecular complexity index is 213. The topological polar surface area (TPSA) is 22.1 Å². The molecule has 1 aromatic heterocycles. The fourth-order valence-electron chi connectivity index (χ4n) is 0.720. The molecular weight excluding hydrogens is 138 g/mol. The Hall–Kier alpha value is -1.05. The van der Waals surface area contributed by atoms with Gasteiger partial charge in [0.1, 0.15) is 11.4 Å². The van der Waals surface area contributed by atoms with Crippen LogP contribution in [0.15, 0.2) is 18.3 Å². The van der Waals surface area contributed by atoms with Gasteiger partial charge in [0.2, 0.25) is 0 Å². The SMILES string of the molecule is CC(C)(C)Oc1c[c]ncc1. The molecule has 2 nitrogen and oxygen atoms in total. The first-order valence-corrected chi connectivity index (χ1v) is 3.59. The zero-order chi connectivity index (χ0) is 8.32. The van der Waals surface area contributed by atoms with Crippen molar-refractivity contribution in [2.45, 2.75) is 26.4 Å². The van der Waals surface area contributed by atoms with Gasteiger partial charge < -0.3 is 4.74 Å². The number of hydrogen-bond donors (Lipinski definition) is 0. The van der Waals surface area contributed by atoms with Crippen LogP contribution in [0.1, 0.15) is 20.8 Å². The summed E-state index contributed by atoms with van der Waals surface area (Å²) in [7, 11) is 0. The second kappa shape index (κ2) is 2.91. The highest BCUT2D eigenvalue weighted by Gasteiger charge is 2.10. The Balaban J connectivity index is 2.66. The van der Waals surface area contributed by atoms with E-state index in [1.807, 2.05) is 26.8 Å². The molecule has 0 aliphatic rings. The molecular formula is C9H12NO. The smallest absolute Gasteiger partial charge is 0.123 e. The molecule has 0 aliphatic carbocycles. The van der Waals surface area contributed by atoms with E-state index in [-0.39, 0.29) is 5.60 Å². The van der Waals surface area contributed by atoms with E-state index in [4.69, 9.17) is 4.74 Å². The molecule has 0 aromatic carbocycles. The van der Waals surface area contributed by atoms with Gasteiger partial charge in [0.05, 0.1) is 6.20 Å². The maximum absolute atomic E-state index is 5.53. The molecule has 0 fully saturated rings. The molecule has 0 unspecified atom stereocenters.